The van der Waals surface area contributed by atoms with Crippen LogP contribution in [0.3, 0.4) is 0 Å². The SMILES string of the molecule is CCC(C)(C1CCc2c(cc(-c3ccc(C(C)(F)F)cc3)n2-c2cccc(C(=O)O)c2)C1)C1CC1C. The third kappa shape index (κ3) is 4.27. The first-order chi connectivity index (χ1) is 17.0. The van der Waals surface area contributed by atoms with Crippen molar-refractivity contribution in [1.82, 2.24) is 4.57 Å². The number of hydrogen-bond acceptors (Lipinski definition) is 1. The van der Waals surface area contributed by atoms with Crippen molar-refractivity contribution in [1.29, 1.82) is 0 Å². The summed E-state index contributed by atoms with van der Waals surface area (Å²) in [6, 6.07) is 15.7. The lowest BCUT2D eigenvalue weighted by Gasteiger charge is -2.40. The highest BCUT2D eigenvalue weighted by Gasteiger charge is 2.50. The van der Waals surface area contributed by atoms with Gasteiger partial charge in [0.2, 0.25) is 0 Å². The molecule has 4 atom stereocenters. The summed E-state index contributed by atoms with van der Waals surface area (Å²) >= 11 is 0. The summed E-state index contributed by atoms with van der Waals surface area (Å²) in [5, 5.41) is 9.59. The second kappa shape index (κ2) is 8.86. The average molecular weight is 492 g/mol. The van der Waals surface area contributed by atoms with Crippen molar-refractivity contribution in [2.24, 2.45) is 23.2 Å². The Hall–Kier alpha value is -2.95. The van der Waals surface area contributed by atoms with Crippen LogP contribution in [0.25, 0.3) is 16.9 Å². The highest BCUT2D eigenvalue weighted by Crippen LogP contribution is 2.58. The van der Waals surface area contributed by atoms with E-state index in [2.05, 4.69) is 31.4 Å². The number of carbonyl (C=O) groups is 1. The minimum atomic E-state index is -2.90. The van der Waals surface area contributed by atoms with Crippen molar-refractivity contribution in [3.63, 3.8) is 0 Å². The van der Waals surface area contributed by atoms with Crippen LogP contribution in [0.15, 0.2) is 54.6 Å². The second-order valence-electron chi connectivity index (χ2n) is 11.3. The lowest BCUT2D eigenvalue weighted by atomic mass is 9.65. The third-order valence-corrected chi connectivity index (χ3v) is 9.08. The molecule has 0 aliphatic heterocycles. The van der Waals surface area contributed by atoms with Crippen LogP contribution in [-0.2, 0) is 18.8 Å². The maximum atomic E-state index is 13.9. The number of hydrogen-bond donors (Lipinski definition) is 1. The fourth-order valence-corrected chi connectivity index (χ4v) is 6.61. The fourth-order valence-electron chi connectivity index (χ4n) is 6.61. The highest BCUT2D eigenvalue weighted by molar-refractivity contribution is 5.88. The van der Waals surface area contributed by atoms with E-state index in [0.717, 1.165) is 55.0 Å². The summed E-state index contributed by atoms with van der Waals surface area (Å²) in [7, 11) is 0. The first kappa shape index (κ1) is 24.7. The van der Waals surface area contributed by atoms with Crippen molar-refractivity contribution in [2.75, 3.05) is 0 Å². The van der Waals surface area contributed by atoms with Crippen molar-refractivity contribution in [2.45, 2.75) is 65.7 Å². The molecule has 5 heteroatoms. The van der Waals surface area contributed by atoms with Gasteiger partial charge in [-0.05, 0) is 84.2 Å². The van der Waals surface area contributed by atoms with Gasteiger partial charge in [0.1, 0.15) is 0 Å². The maximum absolute atomic E-state index is 13.9. The van der Waals surface area contributed by atoms with Crippen molar-refractivity contribution < 1.29 is 18.7 Å². The predicted molar refractivity (Wildman–Crippen MR) is 139 cm³/mol. The molecule has 0 spiro atoms. The smallest absolute Gasteiger partial charge is 0.335 e. The number of fused-ring (bicyclic) bond motifs is 1. The summed E-state index contributed by atoms with van der Waals surface area (Å²) < 4.78 is 29.9. The van der Waals surface area contributed by atoms with Gasteiger partial charge in [-0.25, -0.2) is 13.6 Å². The quantitative estimate of drug-likeness (QED) is 0.362. The van der Waals surface area contributed by atoms with E-state index in [0.29, 0.717) is 11.3 Å². The van der Waals surface area contributed by atoms with Gasteiger partial charge in [0.05, 0.1) is 11.3 Å². The fraction of sp³-hybridized carbons (Fsp3) is 0.452. The molecule has 1 fully saturated rings. The zero-order valence-corrected chi connectivity index (χ0v) is 21.5. The molecular weight excluding hydrogens is 456 g/mol. The van der Waals surface area contributed by atoms with Crippen molar-refractivity contribution in [3.05, 3.63) is 77.0 Å². The minimum absolute atomic E-state index is 0.0145. The number of benzene rings is 2. The molecule has 1 heterocycles. The molecule has 5 rings (SSSR count). The van der Waals surface area contributed by atoms with Gasteiger partial charge in [0.15, 0.2) is 0 Å². The Morgan fingerprint density at radius 3 is 2.39 bits per heavy atom. The van der Waals surface area contributed by atoms with Gasteiger partial charge in [-0.15, -0.1) is 0 Å². The second-order valence-corrected chi connectivity index (χ2v) is 11.3. The number of halogens is 2. The van der Waals surface area contributed by atoms with Gasteiger partial charge in [0.25, 0.3) is 5.92 Å². The molecule has 2 aliphatic rings. The molecule has 0 amide bonds. The van der Waals surface area contributed by atoms with E-state index in [1.165, 1.54) is 36.2 Å². The molecular formula is C31H35F2NO2. The number of alkyl halides is 2. The van der Waals surface area contributed by atoms with Crippen LogP contribution < -0.4 is 0 Å². The molecule has 0 bridgehead atoms. The van der Waals surface area contributed by atoms with Crippen molar-refractivity contribution in [3.8, 4) is 16.9 Å². The van der Waals surface area contributed by atoms with Crippen LogP contribution >= 0.6 is 0 Å². The summed E-state index contributed by atoms with van der Waals surface area (Å²) in [5.74, 6) is -1.68. The standard InChI is InChI=1S/C31H35F2NO2/c1-5-30(3,26-15-19(26)2)24-13-14-27-22(16-24)18-28(20-9-11-23(12-10-20)31(4,32)33)34(27)25-8-6-7-21(17-25)29(35)36/h6-12,17-19,24,26H,5,13-16H2,1-4H3,(H,35,36). The Labute approximate surface area is 212 Å². The molecule has 0 radical (unpaired) electrons. The zero-order chi connectivity index (χ0) is 25.8. The molecule has 4 unspecified atom stereocenters. The van der Waals surface area contributed by atoms with Gasteiger partial charge in [-0.2, -0.15) is 0 Å². The topological polar surface area (TPSA) is 42.2 Å². The monoisotopic (exact) mass is 491 g/mol. The van der Waals surface area contributed by atoms with Gasteiger partial charge >= 0.3 is 5.97 Å². The van der Waals surface area contributed by atoms with Crippen LogP contribution in [0.1, 0.15) is 74.1 Å². The summed E-state index contributed by atoms with van der Waals surface area (Å²) in [5.41, 5.74) is 5.60. The molecule has 0 saturated heterocycles. The normalized spacial score (nSPS) is 23.1. The van der Waals surface area contributed by atoms with Crippen LogP contribution in [-0.4, -0.2) is 15.6 Å². The summed E-state index contributed by atoms with van der Waals surface area (Å²) in [6.07, 6.45) is 5.49. The highest BCUT2D eigenvalue weighted by atomic mass is 19.3. The number of carboxylic acids is 1. The number of rotatable bonds is 7. The lowest BCUT2D eigenvalue weighted by Crippen LogP contribution is -2.34. The molecule has 2 aliphatic carbocycles. The van der Waals surface area contributed by atoms with Crippen LogP contribution in [0.5, 0.6) is 0 Å². The van der Waals surface area contributed by atoms with Gasteiger partial charge in [0, 0.05) is 23.9 Å². The minimum Gasteiger partial charge on any atom is -0.478 e. The third-order valence-electron chi connectivity index (χ3n) is 9.08. The zero-order valence-electron chi connectivity index (χ0n) is 21.5. The summed E-state index contributed by atoms with van der Waals surface area (Å²) in [6.45, 7) is 8.06. The summed E-state index contributed by atoms with van der Waals surface area (Å²) in [4.78, 5) is 11.7. The van der Waals surface area contributed by atoms with E-state index in [1.54, 1.807) is 30.3 Å². The first-order valence-electron chi connectivity index (χ1n) is 13.1. The molecule has 1 saturated carbocycles. The Balaban J connectivity index is 1.60. The molecule has 3 nitrogen and oxygen atoms in total. The molecule has 2 aromatic carbocycles. The Kier molecular flexibility index (Phi) is 6.09. The van der Waals surface area contributed by atoms with Crippen LogP contribution in [0, 0.1) is 23.2 Å². The molecule has 36 heavy (non-hydrogen) atoms. The average Bonchev–Trinajstić information content (AvgIpc) is 3.48. The van der Waals surface area contributed by atoms with E-state index >= 15 is 0 Å². The Morgan fingerprint density at radius 2 is 1.81 bits per heavy atom. The number of carboxylic acid groups (broad SMARTS) is 1. The van der Waals surface area contributed by atoms with Crippen molar-refractivity contribution >= 4 is 5.97 Å². The predicted octanol–water partition coefficient (Wildman–Crippen LogP) is 8.13. The number of aromatic nitrogens is 1. The molecule has 1 aromatic heterocycles. The first-order valence-corrected chi connectivity index (χ1v) is 13.1. The van der Waals surface area contributed by atoms with Crippen LogP contribution in [0.2, 0.25) is 0 Å². The molecule has 190 valence electrons. The Bertz CT molecular complexity index is 1290. The number of nitrogens with zero attached hydrogens (tertiary/aromatic N) is 1. The van der Waals surface area contributed by atoms with Gasteiger partial charge < -0.3 is 9.67 Å². The lowest BCUT2D eigenvalue weighted by molar-refractivity contribution is 0.0175. The van der Waals surface area contributed by atoms with Crippen LogP contribution in [0.4, 0.5) is 8.78 Å². The maximum Gasteiger partial charge on any atom is 0.335 e. The van der Waals surface area contributed by atoms with E-state index in [-0.39, 0.29) is 11.1 Å². The largest absolute Gasteiger partial charge is 0.478 e. The van der Waals surface area contributed by atoms with Gasteiger partial charge in [-0.1, -0.05) is 57.5 Å². The van der Waals surface area contributed by atoms with E-state index in [1.807, 2.05) is 6.07 Å². The van der Waals surface area contributed by atoms with Gasteiger partial charge in [-0.3, -0.25) is 0 Å². The molecule has 1 N–H and O–H groups in total. The Morgan fingerprint density at radius 1 is 1.11 bits per heavy atom. The molecule has 3 aromatic rings. The van der Waals surface area contributed by atoms with E-state index in [4.69, 9.17) is 0 Å². The van der Waals surface area contributed by atoms with E-state index in [9.17, 15) is 18.7 Å². The number of aromatic carboxylic acids is 1. The van der Waals surface area contributed by atoms with E-state index < -0.39 is 11.9 Å².